The van der Waals surface area contributed by atoms with E-state index in [9.17, 15) is 13.6 Å². The van der Waals surface area contributed by atoms with Gasteiger partial charge in [0.2, 0.25) is 17.5 Å². The molecule has 0 saturated carbocycles. The predicted molar refractivity (Wildman–Crippen MR) is 143 cm³/mol. The fourth-order valence-corrected chi connectivity index (χ4v) is 3.49. The highest BCUT2D eigenvalue weighted by Crippen LogP contribution is 2.28. The monoisotopic (exact) mass is 526 g/mol. The largest absolute Gasteiger partial charge is 0.436 e. The zero-order valence-corrected chi connectivity index (χ0v) is 21.5. The topological polar surface area (TPSA) is 107 Å². The summed E-state index contributed by atoms with van der Waals surface area (Å²) in [7, 11) is 0. The maximum Gasteiger partial charge on any atom is 0.219 e. The number of pyridine rings is 1. The Morgan fingerprint density at radius 2 is 2.08 bits per heavy atom. The molecule has 3 aromatic rings. The van der Waals surface area contributed by atoms with E-state index in [2.05, 4.69) is 20.1 Å². The van der Waals surface area contributed by atoms with Crippen molar-refractivity contribution in [1.29, 1.82) is 0 Å². The Morgan fingerprint density at radius 1 is 1.27 bits per heavy atom. The van der Waals surface area contributed by atoms with Crippen molar-refractivity contribution in [3.63, 3.8) is 0 Å². The lowest BCUT2D eigenvalue weighted by Gasteiger charge is -2.12. The first-order chi connectivity index (χ1) is 17.9. The van der Waals surface area contributed by atoms with E-state index in [1.54, 1.807) is 25.3 Å². The van der Waals surface area contributed by atoms with E-state index >= 15 is 0 Å². The van der Waals surface area contributed by atoms with Crippen molar-refractivity contribution in [3.8, 4) is 17.3 Å². The lowest BCUT2D eigenvalue weighted by molar-refractivity contribution is 0.102. The van der Waals surface area contributed by atoms with Gasteiger partial charge in [-0.05, 0) is 44.0 Å². The minimum atomic E-state index is -1.10. The number of nitrogens with zero attached hydrogens (tertiary/aromatic N) is 3. The van der Waals surface area contributed by atoms with Crippen LogP contribution in [0.2, 0.25) is 0 Å². The summed E-state index contributed by atoms with van der Waals surface area (Å²) in [5.74, 6) is -2.50. The van der Waals surface area contributed by atoms with Crippen LogP contribution in [0, 0.1) is 18.6 Å². The third-order valence-corrected chi connectivity index (χ3v) is 5.49. The number of anilines is 1. The molecule has 2 aromatic heterocycles. The minimum absolute atomic E-state index is 0.0650. The molecule has 0 aliphatic heterocycles. The zero-order chi connectivity index (χ0) is 26.8. The first kappa shape index (κ1) is 27.5. The van der Waals surface area contributed by atoms with E-state index < -0.39 is 11.6 Å². The normalized spacial score (nSPS) is 11.9. The zero-order valence-electron chi connectivity index (χ0n) is 20.7. The van der Waals surface area contributed by atoms with Crippen molar-refractivity contribution in [2.24, 2.45) is 0 Å². The van der Waals surface area contributed by atoms with Crippen LogP contribution in [0.5, 0.6) is 11.6 Å². The predicted octanol–water partition coefficient (Wildman–Crippen LogP) is 5.23. The van der Waals surface area contributed by atoms with Crippen LogP contribution in [-0.2, 0) is 0 Å². The van der Waals surface area contributed by atoms with Crippen molar-refractivity contribution in [2.45, 2.75) is 20.3 Å². The Hall–Kier alpha value is -4.12. The minimum Gasteiger partial charge on any atom is -0.436 e. The van der Waals surface area contributed by atoms with E-state index in [1.807, 2.05) is 31.4 Å². The second-order valence-corrected chi connectivity index (χ2v) is 8.32. The van der Waals surface area contributed by atoms with Crippen LogP contribution < -0.4 is 20.5 Å². The SMILES string of the molecule is C/C=C/C/C=C(\NC/C=C/NSC)C(=O)c1cnn(-c2cnc(Oc3cccc(F)c3F)cc2C)c1N. The molecule has 2 heterocycles. The van der Waals surface area contributed by atoms with E-state index in [0.29, 0.717) is 29.9 Å². The molecule has 194 valence electrons. The van der Waals surface area contributed by atoms with Crippen LogP contribution in [0.15, 0.2) is 72.9 Å². The van der Waals surface area contributed by atoms with E-state index in [0.717, 1.165) is 6.07 Å². The molecule has 3 rings (SSSR count). The maximum atomic E-state index is 13.9. The molecule has 0 fully saturated rings. The van der Waals surface area contributed by atoms with Gasteiger partial charge < -0.3 is 20.5 Å². The van der Waals surface area contributed by atoms with Gasteiger partial charge in [-0.2, -0.15) is 9.49 Å². The molecule has 0 unspecified atom stereocenters. The second kappa shape index (κ2) is 13.3. The Bertz CT molecular complexity index is 1340. The lowest BCUT2D eigenvalue weighted by Crippen LogP contribution is -2.22. The van der Waals surface area contributed by atoms with Crippen molar-refractivity contribution >= 4 is 23.5 Å². The Balaban J connectivity index is 1.83. The molecule has 1 aromatic carbocycles. The van der Waals surface area contributed by atoms with E-state index in [4.69, 9.17) is 10.5 Å². The maximum absolute atomic E-state index is 13.9. The van der Waals surface area contributed by atoms with Crippen LogP contribution in [0.25, 0.3) is 5.69 Å². The molecule has 0 saturated heterocycles. The first-order valence-corrected chi connectivity index (χ1v) is 12.6. The van der Waals surface area contributed by atoms with Crippen molar-refractivity contribution in [3.05, 3.63) is 95.6 Å². The summed E-state index contributed by atoms with van der Waals surface area (Å²) in [5, 5.41) is 7.42. The number of ether oxygens (including phenoxy) is 1. The Labute approximate surface area is 218 Å². The molecule has 37 heavy (non-hydrogen) atoms. The number of ketones is 1. The van der Waals surface area contributed by atoms with Gasteiger partial charge in [0.25, 0.3) is 0 Å². The fourth-order valence-electron chi connectivity index (χ4n) is 3.26. The number of aromatic nitrogens is 3. The number of nitrogens with one attached hydrogen (secondary N) is 2. The van der Waals surface area contributed by atoms with Gasteiger partial charge in [-0.25, -0.2) is 14.1 Å². The second-order valence-electron chi connectivity index (χ2n) is 7.68. The van der Waals surface area contributed by atoms with Crippen molar-refractivity contribution in [1.82, 2.24) is 24.8 Å². The first-order valence-electron chi connectivity index (χ1n) is 11.3. The molecule has 8 nitrogen and oxygen atoms in total. The summed E-state index contributed by atoms with van der Waals surface area (Å²) in [6.45, 7) is 4.10. The van der Waals surface area contributed by atoms with Gasteiger partial charge in [0.15, 0.2) is 11.6 Å². The molecule has 0 bridgehead atoms. The molecule has 0 amide bonds. The number of benzene rings is 1. The van der Waals surface area contributed by atoms with Gasteiger partial charge in [-0.1, -0.05) is 36.2 Å². The molecule has 0 atom stereocenters. The van der Waals surface area contributed by atoms with Crippen LogP contribution in [-0.4, -0.2) is 33.3 Å². The molecular formula is C26H28F2N6O2S. The molecular weight excluding hydrogens is 498 g/mol. The van der Waals surface area contributed by atoms with Gasteiger partial charge in [-0.15, -0.1) is 0 Å². The lowest BCUT2D eigenvalue weighted by atomic mass is 10.1. The van der Waals surface area contributed by atoms with Gasteiger partial charge in [-0.3, -0.25) is 4.79 Å². The smallest absolute Gasteiger partial charge is 0.219 e. The summed E-state index contributed by atoms with van der Waals surface area (Å²) in [5.41, 5.74) is 8.09. The number of carbonyl (C=O) groups is 1. The van der Waals surface area contributed by atoms with Gasteiger partial charge >= 0.3 is 0 Å². The van der Waals surface area contributed by atoms with Gasteiger partial charge in [0, 0.05) is 25.1 Å². The number of allylic oxidation sites excluding steroid dienone is 4. The summed E-state index contributed by atoms with van der Waals surface area (Å²) in [6.07, 6.45) is 14.6. The molecule has 0 spiro atoms. The number of Topliss-reactive ketones (excluding diaryl/α,β-unsaturated/α-hetero) is 1. The summed E-state index contributed by atoms with van der Waals surface area (Å²) in [4.78, 5) is 17.5. The number of carbonyl (C=O) groups excluding carboxylic acids is 1. The average Bonchev–Trinajstić information content (AvgIpc) is 3.26. The van der Waals surface area contributed by atoms with Crippen LogP contribution >= 0.6 is 11.9 Å². The van der Waals surface area contributed by atoms with Crippen LogP contribution in [0.1, 0.15) is 29.3 Å². The highest BCUT2D eigenvalue weighted by molar-refractivity contribution is 7.96. The third-order valence-electron chi connectivity index (χ3n) is 5.12. The van der Waals surface area contributed by atoms with Gasteiger partial charge in [0.1, 0.15) is 5.82 Å². The number of nitrogens with two attached hydrogens (primary N) is 1. The Morgan fingerprint density at radius 3 is 2.81 bits per heavy atom. The summed E-state index contributed by atoms with van der Waals surface area (Å²) in [6, 6.07) is 5.18. The molecule has 4 N–H and O–H groups in total. The molecule has 0 aliphatic rings. The van der Waals surface area contributed by atoms with Crippen LogP contribution in [0.3, 0.4) is 0 Å². The molecule has 0 aliphatic carbocycles. The standard InChI is InChI=1S/C26H28F2N6O2S/c1-4-5-6-10-20(30-12-8-13-33-37-3)25(35)18-15-32-34(26(18)29)21-16-31-23(14-17(21)2)36-22-11-7-9-19(27)24(22)28/h4-5,7-11,13-16,30,33H,6,12,29H2,1-3H3/b5-4+,13-8+,20-10-. The highest BCUT2D eigenvalue weighted by Gasteiger charge is 2.21. The number of rotatable bonds is 12. The molecule has 11 heteroatoms. The summed E-state index contributed by atoms with van der Waals surface area (Å²) >= 11 is 1.46. The van der Waals surface area contributed by atoms with Crippen molar-refractivity contribution < 1.29 is 18.3 Å². The quantitative estimate of drug-likeness (QED) is 0.127. The number of hydrogen-bond acceptors (Lipinski definition) is 8. The average molecular weight is 527 g/mol. The van der Waals surface area contributed by atoms with E-state index in [-0.39, 0.29) is 28.8 Å². The van der Waals surface area contributed by atoms with E-state index in [1.165, 1.54) is 41.2 Å². The summed E-state index contributed by atoms with van der Waals surface area (Å²) < 4.78 is 37.2. The fraction of sp³-hybridized carbons (Fsp3) is 0.192. The number of halogens is 2. The highest BCUT2D eigenvalue weighted by atomic mass is 32.2. The number of aryl methyl sites for hydroxylation is 1. The molecule has 0 radical (unpaired) electrons. The van der Waals surface area contributed by atoms with Crippen LogP contribution in [0.4, 0.5) is 14.6 Å². The Kier molecular flexibility index (Phi) is 9.84. The van der Waals surface area contributed by atoms with Gasteiger partial charge in [0.05, 0.1) is 29.3 Å². The number of nitrogen functional groups attached to an aromatic ring is 1. The number of hydrogen-bond donors (Lipinski definition) is 3. The third kappa shape index (κ3) is 6.98. The van der Waals surface area contributed by atoms with Crippen molar-refractivity contribution in [2.75, 3.05) is 18.5 Å².